The van der Waals surface area contributed by atoms with Gasteiger partial charge in [-0.05, 0) is 89.8 Å². The van der Waals surface area contributed by atoms with Crippen molar-refractivity contribution in [2.75, 3.05) is 16.8 Å². The Kier molecular flexibility index (Phi) is 8.13. The number of aryl methyl sites for hydroxylation is 3. The van der Waals surface area contributed by atoms with E-state index in [-0.39, 0.29) is 23.8 Å². The van der Waals surface area contributed by atoms with Crippen LogP contribution < -0.4 is 20.3 Å². The molecule has 0 spiro atoms. The molecular formula is C28H23Br2N3O5. The number of halogens is 2. The molecule has 2 N–H and O–H groups in total. The molecule has 194 valence electrons. The van der Waals surface area contributed by atoms with Gasteiger partial charge < -0.3 is 10.1 Å². The number of hydrogen-bond donors (Lipinski definition) is 2. The Labute approximate surface area is 236 Å². The zero-order chi connectivity index (χ0) is 27.6. The highest BCUT2D eigenvalue weighted by Crippen LogP contribution is 2.35. The first kappa shape index (κ1) is 27.3. The molecule has 0 aromatic heterocycles. The number of para-hydroxylation sites is 1. The third-order valence-electron chi connectivity index (χ3n) is 5.95. The topological polar surface area (TPSA) is 105 Å². The Morgan fingerprint density at radius 2 is 1.71 bits per heavy atom. The van der Waals surface area contributed by atoms with Gasteiger partial charge in [0.15, 0.2) is 6.61 Å². The number of benzene rings is 3. The first-order valence-corrected chi connectivity index (χ1v) is 13.1. The van der Waals surface area contributed by atoms with Crippen LogP contribution in [-0.2, 0) is 14.4 Å². The summed E-state index contributed by atoms with van der Waals surface area (Å²) in [4.78, 5) is 52.2. The molecule has 1 fully saturated rings. The normalized spacial score (nSPS) is 14.5. The van der Waals surface area contributed by atoms with Crippen molar-refractivity contribution in [2.24, 2.45) is 0 Å². The summed E-state index contributed by atoms with van der Waals surface area (Å²) < 4.78 is 6.95. The van der Waals surface area contributed by atoms with Crippen molar-refractivity contribution >= 4 is 73.1 Å². The average Bonchev–Trinajstić information content (AvgIpc) is 2.84. The summed E-state index contributed by atoms with van der Waals surface area (Å²) in [6, 6.07) is 15.0. The van der Waals surface area contributed by atoms with E-state index >= 15 is 0 Å². The molecule has 0 saturated carbocycles. The molecule has 0 radical (unpaired) electrons. The number of nitrogens with one attached hydrogen (secondary N) is 2. The third kappa shape index (κ3) is 5.87. The van der Waals surface area contributed by atoms with Crippen LogP contribution in [0.1, 0.15) is 22.3 Å². The number of amides is 5. The number of rotatable bonds is 6. The van der Waals surface area contributed by atoms with Gasteiger partial charge in [-0.15, -0.1) is 0 Å². The fourth-order valence-corrected chi connectivity index (χ4v) is 5.16. The highest BCUT2D eigenvalue weighted by atomic mass is 79.9. The van der Waals surface area contributed by atoms with Crippen molar-refractivity contribution in [3.8, 4) is 5.75 Å². The van der Waals surface area contributed by atoms with Crippen LogP contribution in [0.3, 0.4) is 0 Å². The van der Waals surface area contributed by atoms with Gasteiger partial charge in [-0.1, -0.05) is 40.2 Å². The zero-order valence-corrected chi connectivity index (χ0v) is 23.9. The SMILES string of the molecule is Cc1ccc(N2C(=O)NC(=O)/C(=C/c3cc(Br)cc(Br)c3OCC(=O)Nc3ccccc3C)C2=O)cc1C. The number of imide groups is 2. The van der Waals surface area contributed by atoms with Crippen molar-refractivity contribution < 1.29 is 23.9 Å². The Balaban J connectivity index is 1.64. The van der Waals surface area contributed by atoms with Gasteiger partial charge in [0.25, 0.3) is 17.7 Å². The van der Waals surface area contributed by atoms with Crippen LogP contribution >= 0.6 is 31.9 Å². The van der Waals surface area contributed by atoms with E-state index in [1.54, 1.807) is 36.4 Å². The number of carbonyl (C=O) groups is 4. The van der Waals surface area contributed by atoms with Crippen molar-refractivity contribution in [1.29, 1.82) is 0 Å². The molecule has 0 aliphatic carbocycles. The predicted molar refractivity (Wildman–Crippen MR) is 152 cm³/mol. The van der Waals surface area contributed by atoms with Crippen molar-refractivity contribution in [3.05, 3.63) is 91.4 Å². The Morgan fingerprint density at radius 3 is 2.42 bits per heavy atom. The van der Waals surface area contributed by atoms with E-state index in [1.807, 2.05) is 39.0 Å². The van der Waals surface area contributed by atoms with Crippen molar-refractivity contribution in [2.45, 2.75) is 20.8 Å². The lowest BCUT2D eigenvalue weighted by atomic mass is 10.0. The molecule has 3 aromatic rings. The highest BCUT2D eigenvalue weighted by Gasteiger charge is 2.37. The summed E-state index contributed by atoms with van der Waals surface area (Å²) in [5.74, 6) is -1.75. The lowest BCUT2D eigenvalue weighted by Gasteiger charge is -2.27. The Morgan fingerprint density at radius 1 is 0.974 bits per heavy atom. The van der Waals surface area contributed by atoms with E-state index in [2.05, 4.69) is 42.5 Å². The molecular weight excluding hydrogens is 618 g/mol. The molecule has 5 amide bonds. The maximum atomic E-state index is 13.4. The first-order valence-electron chi connectivity index (χ1n) is 11.5. The van der Waals surface area contributed by atoms with E-state index in [4.69, 9.17) is 4.74 Å². The van der Waals surface area contributed by atoms with E-state index in [0.717, 1.165) is 21.6 Å². The standard InChI is InChI=1S/C28H23Br2N3O5/c1-15-8-9-20(10-17(15)3)33-27(36)21(26(35)32-28(33)37)12-18-11-19(29)13-22(30)25(18)38-14-24(34)31-23-7-5-4-6-16(23)2/h4-13H,14H2,1-3H3,(H,31,34)(H,32,35,37)/b21-12-. The molecule has 1 saturated heterocycles. The highest BCUT2D eigenvalue weighted by molar-refractivity contribution is 9.11. The lowest BCUT2D eigenvalue weighted by Crippen LogP contribution is -2.54. The van der Waals surface area contributed by atoms with Crippen LogP contribution in [0.2, 0.25) is 0 Å². The smallest absolute Gasteiger partial charge is 0.335 e. The maximum absolute atomic E-state index is 13.4. The van der Waals surface area contributed by atoms with Gasteiger partial charge in [-0.2, -0.15) is 0 Å². The number of nitrogens with zero attached hydrogens (tertiary/aromatic N) is 1. The number of hydrogen-bond acceptors (Lipinski definition) is 5. The number of barbiturate groups is 1. The summed E-state index contributed by atoms with van der Waals surface area (Å²) in [7, 11) is 0. The van der Waals surface area contributed by atoms with Crippen molar-refractivity contribution in [3.63, 3.8) is 0 Å². The minimum absolute atomic E-state index is 0.246. The van der Waals surface area contributed by atoms with Crippen LogP contribution in [0.4, 0.5) is 16.2 Å². The Hall–Kier alpha value is -3.76. The quantitative estimate of drug-likeness (QED) is 0.261. The molecule has 1 heterocycles. The monoisotopic (exact) mass is 639 g/mol. The van der Waals surface area contributed by atoms with Gasteiger partial charge in [-0.25, -0.2) is 9.69 Å². The first-order chi connectivity index (χ1) is 18.0. The summed E-state index contributed by atoms with van der Waals surface area (Å²) in [5.41, 5.74) is 3.89. The van der Waals surface area contributed by atoms with Crippen molar-refractivity contribution in [1.82, 2.24) is 5.32 Å². The van der Waals surface area contributed by atoms with Crippen LogP contribution in [0.15, 0.2) is 69.1 Å². The number of ether oxygens (including phenoxy) is 1. The maximum Gasteiger partial charge on any atom is 0.335 e. The second-order valence-electron chi connectivity index (χ2n) is 8.68. The van der Waals surface area contributed by atoms with Gasteiger partial charge in [0.2, 0.25) is 0 Å². The molecule has 4 rings (SSSR count). The van der Waals surface area contributed by atoms with Gasteiger partial charge in [0, 0.05) is 15.7 Å². The zero-order valence-electron chi connectivity index (χ0n) is 20.7. The fourth-order valence-electron chi connectivity index (χ4n) is 3.79. The molecule has 1 aliphatic heterocycles. The molecule has 1 aliphatic rings. The number of carbonyl (C=O) groups excluding carboxylic acids is 4. The molecule has 3 aromatic carbocycles. The average molecular weight is 641 g/mol. The molecule has 8 nitrogen and oxygen atoms in total. The van der Waals surface area contributed by atoms with E-state index in [0.29, 0.717) is 25.9 Å². The van der Waals surface area contributed by atoms with E-state index in [9.17, 15) is 19.2 Å². The van der Waals surface area contributed by atoms with Gasteiger partial charge in [0.05, 0.1) is 10.2 Å². The lowest BCUT2D eigenvalue weighted by molar-refractivity contribution is -0.122. The molecule has 0 atom stereocenters. The summed E-state index contributed by atoms with van der Waals surface area (Å²) >= 11 is 6.83. The summed E-state index contributed by atoms with van der Waals surface area (Å²) in [6.45, 7) is 5.34. The van der Waals surface area contributed by atoms with Crippen LogP contribution in [-0.4, -0.2) is 30.4 Å². The summed E-state index contributed by atoms with van der Waals surface area (Å²) in [5, 5.41) is 5.02. The van der Waals surface area contributed by atoms with Crippen LogP contribution in [0.25, 0.3) is 6.08 Å². The molecule has 10 heteroatoms. The number of urea groups is 1. The second kappa shape index (κ2) is 11.3. The molecule has 38 heavy (non-hydrogen) atoms. The summed E-state index contributed by atoms with van der Waals surface area (Å²) in [6.07, 6.45) is 1.34. The van der Waals surface area contributed by atoms with E-state index in [1.165, 1.54) is 6.08 Å². The van der Waals surface area contributed by atoms with Crippen LogP contribution in [0, 0.1) is 20.8 Å². The largest absolute Gasteiger partial charge is 0.482 e. The number of anilines is 2. The van der Waals surface area contributed by atoms with Gasteiger partial charge >= 0.3 is 6.03 Å². The predicted octanol–water partition coefficient (Wildman–Crippen LogP) is 5.82. The second-order valence-corrected chi connectivity index (χ2v) is 10.5. The molecule has 0 bridgehead atoms. The van der Waals surface area contributed by atoms with Gasteiger partial charge in [-0.3, -0.25) is 19.7 Å². The van der Waals surface area contributed by atoms with E-state index < -0.39 is 17.8 Å². The van der Waals surface area contributed by atoms with Crippen LogP contribution in [0.5, 0.6) is 5.75 Å². The Bertz CT molecular complexity index is 1520. The third-order valence-corrected chi connectivity index (χ3v) is 7.00. The fraction of sp³-hybridized carbons (Fsp3) is 0.143. The minimum Gasteiger partial charge on any atom is -0.482 e. The van der Waals surface area contributed by atoms with Gasteiger partial charge in [0.1, 0.15) is 11.3 Å². The molecule has 0 unspecified atom stereocenters. The minimum atomic E-state index is -0.834.